The fourth-order valence-electron chi connectivity index (χ4n) is 3.23. The van der Waals surface area contributed by atoms with Gasteiger partial charge in [0.2, 0.25) is 10.0 Å². The van der Waals surface area contributed by atoms with Crippen molar-refractivity contribution in [2.24, 2.45) is 0 Å². The molecule has 0 amide bonds. The number of benzene rings is 2. The van der Waals surface area contributed by atoms with E-state index in [0.29, 0.717) is 23.7 Å². The van der Waals surface area contributed by atoms with E-state index in [0.717, 1.165) is 31.5 Å². The number of anilines is 1. The molecule has 0 aliphatic heterocycles. The Balaban J connectivity index is 1.33. The van der Waals surface area contributed by atoms with Crippen LogP contribution in [0, 0.1) is 5.82 Å². The average molecular weight is 455 g/mol. The third-order valence-electron chi connectivity index (χ3n) is 4.88. The first-order valence-electron chi connectivity index (χ1n) is 10.3. The van der Waals surface area contributed by atoms with Crippen LogP contribution in [0.4, 0.5) is 10.2 Å². The highest BCUT2D eigenvalue weighted by atomic mass is 32.2. The summed E-state index contributed by atoms with van der Waals surface area (Å²) in [5.74, 6) is 0.739. The molecule has 0 atom stereocenters. The van der Waals surface area contributed by atoms with Crippen molar-refractivity contribution in [3.05, 3.63) is 83.9 Å². The summed E-state index contributed by atoms with van der Waals surface area (Å²) >= 11 is 0. The van der Waals surface area contributed by atoms with Gasteiger partial charge in [-0.2, -0.15) is 4.52 Å². The zero-order valence-corrected chi connectivity index (χ0v) is 18.1. The zero-order valence-electron chi connectivity index (χ0n) is 17.3. The number of hydrogen-bond donors (Lipinski definition) is 2. The number of aromatic nitrogens is 4. The summed E-state index contributed by atoms with van der Waals surface area (Å²) in [6, 6.07) is 18.6. The maximum Gasteiger partial charge on any atom is 0.240 e. The Hall–Kier alpha value is -3.37. The molecule has 0 unspecified atom stereocenters. The SMILES string of the molecule is O=S(=O)(NCCc1nnc2ccc(NCCCc3ccccc3)nn12)c1ccc(F)cc1. The van der Waals surface area contributed by atoms with Crippen LogP contribution in [0.5, 0.6) is 0 Å². The lowest BCUT2D eigenvalue weighted by Gasteiger charge is -2.08. The van der Waals surface area contributed by atoms with Crippen molar-refractivity contribution in [1.29, 1.82) is 0 Å². The molecule has 32 heavy (non-hydrogen) atoms. The van der Waals surface area contributed by atoms with Crippen LogP contribution in [-0.2, 0) is 22.9 Å². The van der Waals surface area contributed by atoms with Gasteiger partial charge < -0.3 is 5.32 Å². The molecule has 10 heteroatoms. The van der Waals surface area contributed by atoms with E-state index in [4.69, 9.17) is 0 Å². The quantitative estimate of drug-likeness (QED) is 0.358. The Morgan fingerprint density at radius 3 is 2.44 bits per heavy atom. The van der Waals surface area contributed by atoms with Crippen LogP contribution in [-0.4, -0.2) is 41.3 Å². The number of nitrogens with zero attached hydrogens (tertiary/aromatic N) is 4. The summed E-state index contributed by atoms with van der Waals surface area (Å²) in [6.45, 7) is 0.874. The standard InChI is InChI=1S/C22H23FN6O2S/c23-18-8-10-19(11-9-18)32(30,31)25-16-14-22-27-26-21-13-12-20(28-29(21)22)24-15-4-7-17-5-2-1-3-6-17/h1-3,5-6,8-13,25H,4,7,14-16H2,(H,24,28). The second kappa shape index (κ2) is 9.84. The summed E-state index contributed by atoms with van der Waals surface area (Å²) in [5, 5.41) is 16.0. The van der Waals surface area contributed by atoms with Crippen molar-refractivity contribution in [1.82, 2.24) is 24.5 Å². The average Bonchev–Trinajstić information content (AvgIpc) is 3.20. The molecule has 2 aromatic carbocycles. The van der Waals surface area contributed by atoms with Gasteiger partial charge in [-0.05, 0) is 54.8 Å². The van der Waals surface area contributed by atoms with Gasteiger partial charge in [-0.25, -0.2) is 17.5 Å². The molecule has 2 aromatic heterocycles. The Bertz CT molecular complexity index is 1280. The smallest absolute Gasteiger partial charge is 0.240 e. The lowest BCUT2D eigenvalue weighted by atomic mass is 10.1. The van der Waals surface area contributed by atoms with Crippen LogP contribution >= 0.6 is 0 Å². The molecule has 4 aromatic rings. The molecule has 0 saturated carbocycles. The number of fused-ring (bicyclic) bond motifs is 1. The van der Waals surface area contributed by atoms with Crippen molar-refractivity contribution in [3.63, 3.8) is 0 Å². The van der Waals surface area contributed by atoms with Crippen LogP contribution in [0.15, 0.2) is 71.6 Å². The highest BCUT2D eigenvalue weighted by molar-refractivity contribution is 7.89. The van der Waals surface area contributed by atoms with E-state index < -0.39 is 15.8 Å². The van der Waals surface area contributed by atoms with Crippen LogP contribution < -0.4 is 10.0 Å². The fraction of sp³-hybridized carbons (Fsp3) is 0.227. The van der Waals surface area contributed by atoms with Crippen LogP contribution in [0.2, 0.25) is 0 Å². The Labute approximate surface area is 185 Å². The fourth-order valence-corrected chi connectivity index (χ4v) is 4.26. The van der Waals surface area contributed by atoms with Gasteiger partial charge >= 0.3 is 0 Å². The van der Waals surface area contributed by atoms with Gasteiger partial charge in [0.1, 0.15) is 11.6 Å². The summed E-state index contributed by atoms with van der Waals surface area (Å²) in [4.78, 5) is 0.00474. The number of nitrogens with one attached hydrogen (secondary N) is 2. The third kappa shape index (κ3) is 5.45. The van der Waals surface area contributed by atoms with E-state index >= 15 is 0 Å². The van der Waals surface area contributed by atoms with Crippen LogP contribution in [0.3, 0.4) is 0 Å². The summed E-state index contributed by atoms with van der Waals surface area (Å²) in [6.07, 6.45) is 2.23. The topological polar surface area (TPSA) is 101 Å². The van der Waals surface area contributed by atoms with Crippen molar-refractivity contribution in [2.45, 2.75) is 24.2 Å². The van der Waals surface area contributed by atoms with Gasteiger partial charge in [-0.1, -0.05) is 30.3 Å². The molecular formula is C22H23FN6O2S. The molecule has 2 N–H and O–H groups in total. The predicted octanol–water partition coefficient (Wildman–Crippen LogP) is 2.83. The molecule has 0 spiro atoms. The summed E-state index contributed by atoms with van der Waals surface area (Å²) in [5.41, 5.74) is 1.87. The Morgan fingerprint density at radius 2 is 1.66 bits per heavy atom. The number of aryl methyl sites for hydroxylation is 1. The van der Waals surface area contributed by atoms with Gasteiger partial charge in [0.25, 0.3) is 0 Å². The summed E-state index contributed by atoms with van der Waals surface area (Å²) in [7, 11) is -3.74. The van der Waals surface area contributed by atoms with Crippen molar-refractivity contribution in [2.75, 3.05) is 18.4 Å². The van der Waals surface area contributed by atoms with Gasteiger partial charge in [-0.3, -0.25) is 0 Å². The summed E-state index contributed by atoms with van der Waals surface area (Å²) < 4.78 is 41.8. The van der Waals surface area contributed by atoms with E-state index in [1.54, 1.807) is 4.52 Å². The van der Waals surface area contributed by atoms with E-state index in [2.05, 4.69) is 37.5 Å². The third-order valence-corrected chi connectivity index (χ3v) is 6.36. The maximum absolute atomic E-state index is 13.0. The molecule has 0 aliphatic carbocycles. The molecule has 0 radical (unpaired) electrons. The first-order valence-corrected chi connectivity index (χ1v) is 11.7. The molecule has 8 nitrogen and oxygen atoms in total. The Kier molecular flexibility index (Phi) is 6.72. The minimum absolute atomic E-state index is 0.00474. The van der Waals surface area contributed by atoms with Crippen molar-refractivity contribution < 1.29 is 12.8 Å². The van der Waals surface area contributed by atoms with E-state index in [1.165, 1.54) is 17.7 Å². The highest BCUT2D eigenvalue weighted by Crippen LogP contribution is 2.11. The molecular weight excluding hydrogens is 431 g/mol. The van der Waals surface area contributed by atoms with E-state index in [-0.39, 0.29) is 11.4 Å². The second-order valence-corrected chi connectivity index (χ2v) is 8.99. The lowest BCUT2D eigenvalue weighted by Crippen LogP contribution is -2.26. The van der Waals surface area contributed by atoms with Gasteiger partial charge in [0.15, 0.2) is 11.5 Å². The Morgan fingerprint density at radius 1 is 0.875 bits per heavy atom. The van der Waals surface area contributed by atoms with Gasteiger partial charge in [-0.15, -0.1) is 15.3 Å². The monoisotopic (exact) mass is 454 g/mol. The normalized spacial score (nSPS) is 11.7. The molecule has 2 heterocycles. The second-order valence-electron chi connectivity index (χ2n) is 7.22. The van der Waals surface area contributed by atoms with Crippen molar-refractivity contribution >= 4 is 21.5 Å². The predicted molar refractivity (Wildman–Crippen MR) is 119 cm³/mol. The molecule has 0 bridgehead atoms. The number of rotatable bonds is 10. The largest absolute Gasteiger partial charge is 0.369 e. The number of sulfonamides is 1. The first-order chi connectivity index (χ1) is 15.5. The highest BCUT2D eigenvalue weighted by Gasteiger charge is 2.15. The van der Waals surface area contributed by atoms with E-state index in [1.807, 2.05) is 30.3 Å². The maximum atomic E-state index is 13.0. The molecule has 0 saturated heterocycles. The molecule has 0 aliphatic rings. The minimum atomic E-state index is -3.74. The molecule has 4 rings (SSSR count). The number of hydrogen-bond acceptors (Lipinski definition) is 6. The lowest BCUT2D eigenvalue weighted by molar-refractivity contribution is 0.579. The van der Waals surface area contributed by atoms with Crippen LogP contribution in [0.25, 0.3) is 5.65 Å². The van der Waals surface area contributed by atoms with Crippen molar-refractivity contribution in [3.8, 4) is 0 Å². The van der Waals surface area contributed by atoms with E-state index in [9.17, 15) is 12.8 Å². The minimum Gasteiger partial charge on any atom is -0.369 e. The zero-order chi connectivity index (χ0) is 22.4. The van der Waals surface area contributed by atoms with Gasteiger partial charge in [0.05, 0.1) is 4.90 Å². The molecule has 166 valence electrons. The molecule has 0 fully saturated rings. The van der Waals surface area contributed by atoms with Gasteiger partial charge in [0, 0.05) is 19.5 Å². The van der Waals surface area contributed by atoms with Crippen LogP contribution in [0.1, 0.15) is 17.8 Å². The number of halogens is 1. The first kappa shape index (κ1) is 21.8.